The Labute approximate surface area is 145 Å². The maximum absolute atomic E-state index is 12.8. The number of amides is 1. The zero-order valence-electron chi connectivity index (χ0n) is 12.5. The predicted molar refractivity (Wildman–Crippen MR) is 94.1 cm³/mol. The van der Waals surface area contributed by atoms with Gasteiger partial charge in [0.05, 0.1) is 11.1 Å². The SMILES string of the molecule is O=C(CSc1nc2sccc2c(=O)[nH]1)NCCc1ccc(F)cc1. The van der Waals surface area contributed by atoms with Crippen LogP contribution in [0.15, 0.2) is 45.7 Å². The summed E-state index contributed by atoms with van der Waals surface area (Å²) in [6, 6.07) is 7.91. The second-order valence-electron chi connectivity index (χ2n) is 5.03. The number of benzene rings is 1. The first-order valence-corrected chi connectivity index (χ1v) is 9.10. The van der Waals surface area contributed by atoms with Crippen LogP contribution in [0.2, 0.25) is 0 Å². The summed E-state index contributed by atoms with van der Waals surface area (Å²) in [7, 11) is 0. The van der Waals surface area contributed by atoms with E-state index in [1.165, 1.54) is 35.2 Å². The Kier molecular flexibility index (Phi) is 5.27. The van der Waals surface area contributed by atoms with Crippen LogP contribution in [-0.4, -0.2) is 28.2 Å². The number of hydrogen-bond acceptors (Lipinski definition) is 5. The highest BCUT2D eigenvalue weighted by Gasteiger charge is 2.08. The number of aromatic nitrogens is 2. The van der Waals surface area contributed by atoms with Crippen molar-refractivity contribution in [2.75, 3.05) is 12.3 Å². The Morgan fingerprint density at radius 3 is 2.88 bits per heavy atom. The van der Waals surface area contributed by atoms with Crippen molar-refractivity contribution in [2.24, 2.45) is 0 Å². The molecular weight excluding hydrogens is 349 g/mol. The summed E-state index contributed by atoms with van der Waals surface area (Å²) in [5.74, 6) is -0.247. The van der Waals surface area contributed by atoms with Gasteiger partial charge in [0.15, 0.2) is 5.16 Å². The van der Waals surface area contributed by atoms with Gasteiger partial charge >= 0.3 is 0 Å². The molecule has 0 spiro atoms. The number of aromatic amines is 1. The van der Waals surface area contributed by atoms with E-state index in [0.717, 1.165) is 5.56 Å². The molecular formula is C16H14FN3O2S2. The van der Waals surface area contributed by atoms with E-state index in [9.17, 15) is 14.0 Å². The molecule has 0 aliphatic heterocycles. The first-order valence-electron chi connectivity index (χ1n) is 7.23. The highest BCUT2D eigenvalue weighted by atomic mass is 32.2. The number of carbonyl (C=O) groups is 1. The van der Waals surface area contributed by atoms with E-state index in [-0.39, 0.29) is 23.0 Å². The smallest absolute Gasteiger partial charge is 0.260 e. The van der Waals surface area contributed by atoms with Gasteiger partial charge in [-0.15, -0.1) is 11.3 Å². The van der Waals surface area contributed by atoms with Crippen molar-refractivity contribution in [3.8, 4) is 0 Å². The topological polar surface area (TPSA) is 74.8 Å². The van der Waals surface area contributed by atoms with E-state index < -0.39 is 0 Å². The summed E-state index contributed by atoms with van der Waals surface area (Å²) in [6.45, 7) is 0.471. The minimum Gasteiger partial charge on any atom is -0.355 e. The number of nitrogens with one attached hydrogen (secondary N) is 2. The number of halogens is 1. The lowest BCUT2D eigenvalue weighted by atomic mass is 10.1. The Hall–Kier alpha value is -2.19. The average molecular weight is 363 g/mol. The molecule has 8 heteroatoms. The van der Waals surface area contributed by atoms with Crippen LogP contribution in [0, 0.1) is 5.82 Å². The monoisotopic (exact) mass is 363 g/mol. The van der Waals surface area contributed by atoms with Gasteiger partial charge < -0.3 is 10.3 Å². The van der Waals surface area contributed by atoms with Gasteiger partial charge in [-0.1, -0.05) is 23.9 Å². The quantitative estimate of drug-likeness (QED) is 0.521. The van der Waals surface area contributed by atoms with Crippen molar-refractivity contribution < 1.29 is 9.18 Å². The number of nitrogens with zero attached hydrogens (tertiary/aromatic N) is 1. The molecule has 2 aromatic heterocycles. The van der Waals surface area contributed by atoms with Gasteiger partial charge in [-0.05, 0) is 35.6 Å². The van der Waals surface area contributed by atoms with Crippen LogP contribution in [0.5, 0.6) is 0 Å². The highest BCUT2D eigenvalue weighted by Crippen LogP contribution is 2.18. The van der Waals surface area contributed by atoms with Crippen LogP contribution < -0.4 is 10.9 Å². The number of rotatable bonds is 6. The van der Waals surface area contributed by atoms with Crippen LogP contribution in [0.4, 0.5) is 4.39 Å². The molecule has 0 saturated carbocycles. The second kappa shape index (κ2) is 7.59. The molecule has 1 amide bonds. The van der Waals surface area contributed by atoms with E-state index in [1.807, 2.05) is 5.38 Å². The number of thioether (sulfide) groups is 1. The Morgan fingerprint density at radius 2 is 2.08 bits per heavy atom. The molecule has 0 aliphatic carbocycles. The highest BCUT2D eigenvalue weighted by molar-refractivity contribution is 7.99. The molecule has 0 unspecified atom stereocenters. The van der Waals surface area contributed by atoms with Crippen LogP contribution in [0.3, 0.4) is 0 Å². The van der Waals surface area contributed by atoms with E-state index in [4.69, 9.17) is 0 Å². The van der Waals surface area contributed by atoms with Crippen molar-refractivity contribution in [2.45, 2.75) is 11.6 Å². The zero-order valence-corrected chi connectivity index (χ0v) is 14.2. The molecule has 0 radical (unpaired) electrons. The number of thiophene rings is 1. The molecule has 0 fully saturated rings. The normalized spacial score (nSPS) is 10.9. The number of carbonyl (C=O) groups excluding carboxylic acids is 1. The van der Waals surface area contributed by atoms with E-state index in [1.54, 1.807) is 18.2 Å². The first-order chi connectivity index (χ1) is 11.6. The Morgan fingerprint density at radius 1 is 1.29 bits per heavy atom. The Balaban J connectivity index is 1.48. The van der Waals surface area contributed by atoms with Gasteiger partial charge in [-0.3, -0.25) is 9.59 Å². The molecule has 0 saturated heterocycles. The van der Waals surface area contributed by atoms with Gasteiger partial charge in [-0.2, -0.15) is 0 Å². The van der Waals surface area contributed by atoms with Crippen LogP contribution >= 0.6 is 23.1 Å². The standard InChI is InChI=1S/C16H14FN3O2S2/c17-11-3-1-10(2-4-11)5-7-18-13(21)9-24-16-19-14(22)12-6-8-23-15(12)20-16/h1-4,6,8H,5,7,9H2,(H,18,21)(H,19,20,22). The van der Waals surface area contributed by atoms with E-state index in [2.05, 4.69) is 15.3 Å². The maximum Gasteiger partial charge on any atom is 0.260 e. The molecule has 0 aliphatic rings. The molecule has 0 atom stereocenters. The average Bonchev–Trinajstić information content (AvgIpc) is 3.04. The molecule has 1 aromatic carbocycles. The number of H-pyrrole nitrogens is 1. The molecule has 0 bridgehead atoms. The summed E-state index contributed by atoms with van der Waals surface area (Å²) in [5, 5.41) is 5.60. The maximum atomic E-state index is 12.8. The molecule has 124 valence electrons. The lowest BCUT2D eigenvalue weighted by Crippen LogP contribution is -2.27. The van der Waals surface area contributed by atoms with E-state index in [0.29, 0.717) is 28.3 Å². The third-order valence-electron chi connectivity index (χ3n) is 3.30. The van der Waals surface area contributed by atoms with Gasteiger partial charge in [0.1, 0.15) is 10.6 Å². The van der Waals surface area contributed by atoms with Crippen LogP contribution in [0.25, 0.3) is 10.2 Å². The fourth-order valence-electron chi connectivity index (χ4n) is 2.10. The number of hydrogen-bond donors (Lipinski definition) is 2. The van der Waals surface area contributed by atoms with Crippen molar-refractivity contribution in [1.29, 1.82) is 0 Å². The van der Waals surface area contributed by atoms with E-state index >= 15 is 0 Å². The largest absolute Gasteiger partial charge is 0.355 e. The van der Waals surface area contributed by atoms with Crippen molar-refractivity contribution in [3.05, 3.63) is 57.4 Å². The zero-order chi connectivity index (χ0) is 16.9. The minimum atomic E-state index is -0.275. The summed E-state index contributed by atoms with van der Waals surface area (Å²) in [6.07, 6.45) is 0.632. The molecule has 2 heterocycles. The fourth-order valence-corrected chi connectivity index (χ4v) is 3.61. The molecule has 2 N–H and O–H groups in total. The predicted octanol–water partition coefficient (Wildman–Crippen LogP) is 2.57. The Bertz CT molecular complexity index is 906. The fraction of sp³-hybridized carbons (Fsp3) is 0.188. The molecule has 5 nitrogen and oxygen atoms in total. The lowest BCUT2D eigenvalue weighted by molar-refractivity contribution is -0.118. The van der Waals surface area contributed by atoms with Crippen molar-refractivity contribution in [1.82, 2.24) is 15.3 Å². The van der Waals surface area contributed by atoms with Gasteiger partial charge in [0.2, 0.25) is 5.91 Å². The van der Waals surface area contributed by atoms with Gasteiger partial charge in [0.25, 0.3) is 5.56 Å². The van der Waals surface area contributed by atoms with Crippen LogP contribution in [-0.2, 0) is 11.2 Å². The summed E-state index contributed by atoms with van der Waals surface area (Å²) >= 11 is 2.58. The van der Waals surface area contributed by atoms with Gasteiger partial charge in [-0.25, -0.2) is 9.37 Å². The lowest BCUT2D eigenvalue weighted by Gasteiger charge is -2.05. The molecule has 24 heavy (non-hydrogen) atoms. The minimum absolute atomic E-state index is 0.143. The summed E-state index contributed by atoms with van der Waals surface area (Å²) in [4.78, 5) is 31.3. The number of fused-ring (bicyclic) bond motifs is 1. The van der Waals surface area contributed by atoms with Crippen LogP contribution in [0.1, 0.15) is 5.56 Å². The molecule has 3 rings (SSSR count). The second-order valence-corrected chi connectivity index (χ2v) is 6.88. The van der Waals surface area contributed by atoms with Crippen molar-refractivity contribution >= 4 is 39.2 Å². The summed E-state index contributed by atoms with van der Waals surface area (Å²) < 4.78 is 12.8. The molecule has 3 aromatic rings. The van der Waals surface area contributed by atoms with Gasteiger partial charge in [0, 0.05) is 6.54 Å². The first kappa shape index (κ1) is 16.7. The third kappa shape index (κ3) is 4.21. The van der Waals surface area contributed by atoms with Crippen molar-refractivity contribution in [3.63, 3.8) is 0 Å². The summed E-state index contributed by atoms with van der Waals surface area (Å²) in [5.41, 5.74) is 0.763. The third-order valence-corrected chi connectivity index (χ3v) is 4.98.